The molecule has 1 amide bonds. The first-order valence-corrected chi connectivity index (χ1v) is 5.44. The van der Waals surface area contributed by atoms with Crippen LogP contribution >= 0.6 is 0 Å². The molecule has 4 aliphatic rings. The molecule has 4 heterocycles. The van der Waals surface area contributed by atoms with E-state index in [4.69, 9.17) is 0 Å². The Morgan fingerprint density at radius 1 is 1.14 bits per heavy atom. The first-order valence-electron chi connectivity index (χ1n) is 5.44. The van der Waals surface area contributed by atoms with Crippen molar-refractivity contribution in [3.63, 3.8) is 0 Å². The Hall–Kier alpha value is -0.610. The number of piperidine rings is 2. The number of hydrogen-bond donors (Lipinski definition) is 1. The Kier molecular flexibility index (Phi) is 1.82. The molecule has 0 aromatic heterocycles. The van der Waals surface area contributed by atoms with E-state index in [1.54, 1.807) is 6.92 Å². The Morgan fingerprint density at radius 2 is 1.64 bits per heavy atom. The second kappa shape index (κ2) is 2.94. The SMILES string of the molecule is CC(=O)NC1C2CN3CC1CN(C2)C3. The molecule has 0 aromatic rings. The molecule has 0 aromatic carbocycles. The molecule has 4 saturated heterocycles. The van der Waals surface area contributed by atoms with Gasteiger partial charge in [0.05, 0.1) is 6.67 Å². The van der Waals surface area contributed by atoms with Gasteiger partial charge in [0.25, 0.3) is 0 Å². The highest BCUT2D eigenvalue weighted by Crippen LogP contribution is 2.33. The van der Waals surface area contributed by atoms with E-state index in [-0.39, 0.29) is 5.91 Å². The number of nitrogens with zero attached hydrogens (tertiary/aromatic N) is 2. The van der Waals surface area contributed by atoms with Gasteiger partial charge in [0.15, 0.2) is 0 Å². The molecule has 0 saturated carbocycles. The Balaban J connectivity index is 1.77. The van der Waals surface area contributed by atoms with Crippen LogP contribution in [0.5, 0.6) is 0 Å². The highest BCUT2D eigenvalue weighted by Gasteiger charge is 2.46. The summed E-state index contributed by atoms with van der Waals surface area (Å²) in [5.41, 5.74) is 0. The van der Waals surface area contributed by atoms with Crippen LogP contribution in [0.4, 0.5) is 0 Å². The van der Waals surface area contributed by atoms with Crippen molar-refractivity contribution >= 4 is 5.91 Å². The summed E-state index contributed by atoms with van der Waals surface area (Å²) in [5.74, 6) is 1.47. The van der Waals surface area contributed by atoms with Crippen molar-refractivity contribution in [1.82, 2.24) is 15.1 Å². The molecule has 4 nitrogen and oxygen atoms in total. The van der Waals surface area contributed by atoms with Gasteiger partial charge in [-0.05, 0) is 0 Å². The minimum Gasteiger partial charge on any atom is -0.353 e. The number of nitrogens with one attached hydrogen (secondary N) is 1. The molecule has 4 fully saturated rings. The smallest absolute Gasteiger partial charge is 0.217 e. The first kappa shape index (κ1) is 8.68. The fourth-order valence-electron chi connectivity index (χ4n) is 3.41. The molecule has 0 atom stereocenters. The molecule has 4 rings (SSSR count). The second-order valence-electron chi connectivity index (χ2n) is 4.96. The van der Waals surface area contributed by atoms with E-state index in [0.717, 1.165) is 6.67 Å². The van der Waals surface area contributed by atoms with Crippen molar-refractivity contribution in [2.24, 2.45) is 11.8 Å². The third-order valence-electron chi connectivity index (χ3n) is 3.76. The van der Waals surface area contributed by atoms with Crippen LogP contribution in [-0.4, -0.2) is 54.6 Å². The number of amides is 1. The number of carbonyl (C=O) groups excluding carboxylic acids is 1. The molecule has 4 aliphatic heterocycles. The molecule has 1 N–H and O–H groups in total. The summed E-state index contributed by atoms with van der Waals surface area (Å²) in [7, 11) is 0. The van der Waals surface area contributed by atoms with E-state index in [1.807, 2.05) is 0 Å². The van der Waals surface area contributed by atoms with Gasteiger partial charge in [0.1, 0.15) is 0 Å². The Labute approximate surface area is 84.2 Å². The monoisotopic (exact) mass is 195 g/mol. The molecule has 0 unspecified atom stereocenters. The van der Waals surface area contributed by atoms with Crippen molar-refractivity contribution in [3.05, 3.63) is 0 Å². The lowest BCUT2D eigenvalue weighted by Crippen LogP contribution is -2.71. The van der Waals surface area contributed by atoms with Crippen LogP contribution in [0.1, 0.15) is 6.92 Å². The third-order valence-corrected chi connectivity index (χ3v) is 3.76. The Bertz CT molecular complexity index is 238. The largest absolute Gasteiger partial charge is 0.353 e. The van der Waals surface area contributed by atoms with Crippen molar-refractivity contribution in [2.45, 2.75) is 13.0 Å². The van der Waals surface area contributed by atoms with E-state index in [2.05, 4.69) is 15.1 Å². The maximum Gasteiger partial charge on any atom is 0.217 e. The van der Waals surface area contributed by atoms with Gasteiger partial charge in [-0.3, -0.25) is 14.6 Å². The van der Waals surface area contributed by atoms with Gasteiger partial charge >= 0.3 is 0 Å². The molecule has 14 heavy (non-hydrogen) atoms. The van der Waals surface area contributed by atoms with E-state index in [0.29, 0.717) is 17.9 Å². The van der Waals surface area contributed by atoms with Crippen molar-refractivity contribution in [3.8, 4) is 0 Å². The van der Waals surface area contributed by atoms with Gasteiger partial charge in [-0.1, -0.05) is 0 Å². The van der Waals surface area contributed by atoms with Gasteiger partial charge in [0, 0.05) is 51.0 Å². The van der Waals surface area contributed by atoms with Gasteiger partial charge in [-0.25, -0.2) is 0 Å². The van der Waals surface area contributed by atoms with Crippen LogP contribution < -0.4 is 5.32 Å². The standard InChI is InChI=1S/C10H17N3O/c1-7(14)11-10-8-2-12-4-9(10)5-13(3-8)6-12/h8-10H,2-6H2,1H3,(H,11,14). The average molecular weight is 195 g/mol. The summed E-state index contributed by atoms with van der Waals surface area (Å²) < 4.78 is 0. The summed E-state index contributed by atoms with van der Waals surface area (Å²) in [4.78, 5) is 16.1. The fourth-order valence-corrected chi connectivity index (χ4v) is 3.41. The predicted molar refractivity (Wildman–Crippen MR) is 52.6 cm³/mol. The average Bonchev–Trinajstić information content (AvgIpc) is 2.09. The van der Waals surface area contributed by atoms with Crippen LogP contribution in [0.15, 0.2) is 0 Å². The van der Waals surface area contributed by atoms with Crippen LogP contribution in [0, 0.1) is 11.8 Å². The summed E-state index contributed by atoms with van der Waals surface area (Å²) >= 11 is 0. The maximum atomic E-state index is 11.1. The summed E-state index contributed by atoms with van der Waals surface area (Å²) in [6.07, 6.45) is 0. The normalized spacial score (nSPS) is 49.4. The molecule has 78 valence electrons. The lowest BCUT2D eigenvalue weighted by molar-refractivity contribution is -0.127. The van der Waals surface area contributed by atoms with Crippen LogP contribution in [0.3, 0.4) is 0 Å². The van der Waals surface area contributed by atoms with E-state index in [1.165, 1.54) is 26.2 Å². The predicted octanol–water partition coefficient (Wildman–Crippen LogP) is -0.674. The van der Waals surface area contributed by atoms with Crippen LogP contribution in [0.2, 0.25) is 0 Å². The highest BCUT2D eigenvalue weighted by molar-refractivity contribution is 5.73. The molecular formula is C10H17N3O. The molecule has 4 heteroatoms. The topological polar surface area (TPSA) is 35.6 Å². The molecule has 4 bridgehead atoms. The third kappa shape index (κ3) is 1.25. The van der Waals surface area contributed by atoms with Gasteiger partial charge in [0.2, 0.25) is 5.91 Å². The number of carbonyl (C=O) groups is 1. The van der Waals surface area contributed by atoms with Gasteiger partial charge < -0.3 is 5.32 Å². The zero-order chi connectivity index (χ0) is 9.71. The first-order chi connectivity index (χ1) is 6.72. The second-order valence-corrected chi connectivity index (χ2v) is 4.96. The fraction of sp³-hybridized carbons (Fsp3) is 0.900. The molecular weight excluding hydrogens is 178 g/mol. The number of rotatable bonds is 1. The van der Waals surface area contributed by atoms with Gasteiger partial charge in [-0.15, -0.1) is 0 Å². The van der Waals surface area contributed by atoms with Crippen molar-refractivity contribution in [1.29, 1.82) is 0 Å². The van der Waals surface area contributed by atoms with Crippen molar-refractivity contribution in [2.75, 3.05) is 32.8 Å². The van der Waals surface area contributed by atoms with Crippen LogP contribution in [-0.2, 0) is 4.79 Å². The van der Waals surface area contributed by atoms with E-state index in [9.17, 15) is 4.79 Å². The summed E-state index contributed by atoms with van der Waals surface area (Å²) in [6.45, 7) is 7.50. The Morgan fingerprint density at radius 3 is 2.07 bits per heavy atom. The maximum absolute atomic E-state index is 11.1. The summed E-state index contributed by atoms with van der Waals surface area (Å²) in [6, 6.07) is 0.445. The quantitative estimate of drug-likeness (QED) is 0.602. The zero-order valence-electron chi connectivity index (χ0n) is 8.57. The van der Waals surface area contributed by atoms with Crippen LogP contribution in [0.25, 0.3) is 0 Å². The summed E-state index contributed by atoms with van der Waals surface area (Å²) in [5, 5.41) is 3.13. The minimum absolute atomic E-state index is 0.132. The van der Waals surface area contributed by atoms with Gasteiger partial charge in [-0.2, -0.15) is 0 Å². The lowest BCUT2D eigenvalue weighted by atomic mass is 9.77. The zero-order valence-corrected chi connectivity index (χ0v) is 8.57. The van der Waals surface area contributed by atoms with E-state index >= 15 is 0 Å². The number of hydrogen-bond acceptors (Lipinski definition) is 3. The highest BCUT2D eigenvalue weighted by atomic mass is 16.1. The lowest BCUT2D eigenvalue weighted by Gasteiger charge is -2.57. The van der Waals surface area contributed by atoms with E-state index < -0.39 is 0 Å². The molecule has 0 spiro atoms. The molecule has 0 aliphatic carbocycles. The molecule has 0 radical (unpaired) electrons. The minimum atomic E-state index is 0.132. The van der Waals surface area contributed by atoms with Crippen molar-refractivity contribution < 1.29 is 4.79 Å².